The number of carbonyl (C=O) groups is 2. The molecule has 1 aliphatic carbocycles. The summed E-state index contributed by atoms with van der Waals surface area (Å²) in [6, 6.07) is 3.37. The molecule has 1 atom stereocenters. The van der Waals surface area contributed by atoms with Crippen LogP contribution in [0.3, 0.4) is 0 Å². The number of nitrogens with zero attached hydrogens (tertiary/aromatic N) is 2. The van der Waals surface area contributed by atoms with Gasteiger partial charge in [-0.3, -0.25) is 14.7 Å². The molecule has 1 unspecified atom stereocenters. The molecule has 0 spiro atoms. The number of hydrogen-bond acceptors (Lipinski definition) is 7. The first-order chi connectivity index (χ1) is 18.9. The van der Waals surface area contributed by atoms with Crippen LogP contribution in [0.25, 0.3) is 21.9 Å². The summed E-state index contributed by atoms with van der Waals surface area (Å²) in [4.78, 5) is 28.0. The van der Waals surface area contributed by atoms with Crippen molar-refractivity contribution in [3.8, 4) is 22.8 Å². The lowest BCUT2D eigenvalue weighted by molar-refractivity contribution is -0.119. The van der Waals surface area contributed by atoms with Crippen molar-refractivity contribution in [3.05, 3.63) is 36.3 Å². The highest BCUT2D eigenvalue weighted by molar-refractivity contribution is 6.06. The topological polar surface area (TPSA) is 141 Å². The largest absolute Gasteiger partial charge is 0.490 e. The minimum absolute atomic E-state index is 0.0236. The number of rotatable bonds is 9. The number of nitrogens with one attached hydrogen (secondary N) is 2. The van der Waals surface area contributed by atoms with Gasteiger partial charge in [0.25, 0.3) is 5.91 Å². The zero-order valence-corrected chi connectivity index (χ0v) is 23.0. The van der Waals surface area contributed by atoms with Crippen LogP contribution in [0, 0.1) is 0 Å². The van der Waals surface area contributed by atoms with Crippen LogP contribution in [0.2, 0.25) is 0 Å². The summed E-state index contributed by atoms with van der Waals surface area (Å²) in [5.74, 6) is 0.201. The van der Waals surface area contributed by atoms with Gasteiger partial charge in [0.15, 0.2) is 0 Å². The number of aromatic amines is 1. The molecule has 1 saturated heterocycles. The number of ether oxygens (including phenoxy) is 3. The Morgan fingerprint density at radius 3 is 2.54 bits per heavy atom. The predicted octanol–water partition coefficient (Wildman–Crippen LogP) is 4.52. The van der Waals surface area contributed by atoms with Crippen molar-refractivity contribution >= 4 is 22.6 Å². The molecule has 39 heavy (non-hydrogen) atoms. The maximum absolute atomic E-state index is 12.1. The average molecular weight is 538 g/mol. The van der Waals surface area contributed by atoms with E-state index in [1.807, 2.05) is 13.8 Å². The fraction of sp³-hybridized carbons (Fsp3) is 0.517. The molecule has 3 heterocycles. The van der Waals surface area contributed by atoms with Crippen LogP contribution in [-0.4, -0.2) is 58.5 Å². The van der Waals surface area contributed by atoms with Crippen molar-refractivity contribution in [1.82, 2.24) is 20.5 Å². The first-order valence-corrected chi connectivity index (χ1v) is 13.8. The van der Waals surface area contributed by atoms with Gasteiger partial charge in [0.2, 0.25) is 11.8 Å². The summed E-state index contributed by atoms with van der Waals surface area (Å²) in [5.41, 5.74) is 7.49. The number of hydrogen-bond donors (Lipinski definition) is 3. The Hall–Kier alpha value is -3.66. The Morgan fingerprint density at radius 1 is 1.13 bits per heavy atom. The van der Waals surface area contributed by atoms with Gasteiger partial charge in [-0.15, -0.1) is 0 Å². The molecule has 4 N–H and O–H groups in total. The second-order valence-corrected chi connectivity index (χ2v) is 10.2. The summed E-state index contributed by atoms with van der Waals surface area (Å²) in [5, 5.41) is 11.1. The summed E-state index contributed by atoms with van der Waals surface area (Å²) >= 11 is 0. The molecule has 1 saturated carbocycles. The Labute approximate surface area is 229 Å². The molecular weight excluding hydrogens is 498 g/mol. The van der Waals surface area contributed by atoms with E-state index < -0.39 is 5.91 Å². The molecule has 2 fully saturated rings. The molecule has 5 rings (SSSR count). The third-order valence-electron chi connectivity index (χ3n) is 6.85. The lowest BCUT2D eigenvalue weighted by Gasteiger charge is -2.20. The Kier molecular flexibility index (Phi) is 9.75. The summed E-state index contributed by atoms with van der Waals surface area (Å²) < 4.78 is 17.3. The van der Waals surface area contributed by atoms with Crippen LogP contribution >= 0.6 is 0 Å². The second-order valence-electron chi connectivity index (χ2n) is 10.2. The predicted molar refractivity (Wildman–Crippen MR) is 149 cm³/mol. The normalized spacial score (nSPS) is 17.5. The molecule has 10 nitrogen and oxygen atoms in total. The van der Waals surface area contributed by atoms with Crippen LogP contribution in [-0.2, 0) is 9.53 Å². The van der Waals surface area contributed by atoms with E-state index in [-0.39, 0.29) is 23.6 Å². The van der Waals surface area contributed by atoms with Gasteiger partial charge in [-0.1, -0.05) is 19.3 Å². The molecule has 1 aromatic carbocycles. The molecule has 10 heteroatoms. The SMILES string of the molecule is CC(C)Oc1cc2c(OCC3CCC(=O)N3)ncc(-c3cn[nH]c3)c2cc1C(N)=O.CCOC1CCCCC1. The highest BCUT2D eigenvalue weighted by Crippen LogP contribution is 2.37. The maximum Gasteiger partial charge on any atom is 0.252 e. The van der Waals surface area contributed by atoms with Gasteiger partial charge in [0.1, 0.15) is 12.4 Å². The monoisotopic (exact) mass is 537 g/mol. The molecule has 210 valence electrons. The van der Waals surface area contributed by atoms with Crippen molar-refractivity contribution in [3.63, 3.8) is 0 Å². The van der Waals surface area contributed by atoms with Crippen molar-refractivity contribution in [2.24, 2.45) is 5.73 Å². The van der Waals surface area contributed by atoms with Crippen LogP contribution in [0.5, 0.6) is 11.6 Å². The smallest absolute Gasteiger partial charge is 0.252 e. The number of carbonyl (C=O) groups excluding carboxylic acids is 2. The van der Waals surface area contributed by atoms with Crippen LogP contribution in [0.15, 0.2) is 30.7 Å². The fourth-order valence-electron chi connectivity index (χ4n) is 4.98. The van der Waals surface area contributed by atoms with E-state index in [9.17, 15) is 9.59 Å². The van der Waals surface area contributed by atoms with E-state index in [0.717, 1.165) is 29.5 Å². The number of H-pyrrole nitrogens is 1. The Balaban J connectivity index is 0.000000333. The van der Waals surface area contributed by atoms with Crippen molar-refractivity contribution in [2.75, 3.05) is 13.2 Å². The Bertz CT molecular complexity index is 1250. The van der Waals surface area contributed by atoms with Gasteiger partial charge >= 0.3 is 0 Å². The number of fused-ring (bicyclic) bond motifs is 1. The first-order valence-electron chi connectivity index (χ1n) is 13.8. The van der Waals surface area contributed by atoms with E-state index in [1.54, 1.807) is 30.7 Å². The zero-order valence-electron chi connectivity index (χ0n) is 23.0. The molecule has 1 aliphatic heterocycles. The van der Waals surface area contributed by atoms with Crippen LogP contribution in [0.1, 0.15) is 76.1 Å². The van der Waals surface area contributed by atoms with Gasteiger partial charge in [-0.05, 0) is 57.6 Å². The summed E-state index contributed by atoms with van der Waals surface area (Å²) in [6.45, 7) is 7.01. The van der Waals surface area contributed by atoms with Crippen LogP contribution in [0.4, 0.5) is 0 Å². The van der Waals surface area contributed by atoms with Crippen molar-refractivity contribution in [1.29, 1.82) is 0 Å². The lowest BCUT2D eigenvalue weighted by atomic mass is 9.98. The fourth-order valence-corrected chi connectivity index (χ4v) is 4.98. The number of amides is 2. The van der Waals surface area contributed by atoms with Crippen molar-refractivity contribution < 1.29 is 23.8 Å². The number of nitrogens with two attached hydrogens (primary N) is 1. The van der Waals surface area contributed by atoms with Gasteiger partial charge in [-0.2, -0.15) is 5.10 Å². The number of pyridine rings is 1. The minimum atomic E-state index is -0.585. The zero-order chi connectivity index (χ0) is 27.8. The first kappa shape index (κ1) is 28.4. The third kappa shape index (κ3) is 7.47. The molecule has 0 radical (unpaired) electrons. The quantitative estimate of drug-likeness (QED) is 0.364. The van der Waals surface area contributed by atoms with E-state index in [2.05, 4.69) is 27.4 Å². The molecule has 2 aliphatic rings. The number of primary amides is 1. The third-order valence-corrected chi connectivity index (χ3v) is 6.85. The van der Waals surface area contributed by atoms with Gasteiger partial charge in [0, 0.05) is 41.9 Å². The van der Waals surface area contributed by atoms with E-state index >= 15 is 0 Å². The van der Waals surface area contributed by atoms with E-state index in [4.69, 9.17) is 19.9 Å². The van der Waals surface area contributed by atoms with Gasteiger partial charge in [0.05, 0.1) is 30.0 Å². The minimum Gasteiger partial charge on any atom is -0.490 e. The molecule has 2 amide bonds. The summed E-state index contributed by atoms with van der Waals surface area (Å²) in [6.07, 6.45) is 13.5. The van der Waals surface area contributed by atoms with E-state index in [0.29, 0.717) is 36.1 Å². The standard InChI is InChI=1S/C21H23N5O4.C8H16O/c1-11(2)30-18-6-15-14(5-16(18)20(22)28)17(12-7-24-25-8-12)9-23-21(15)29-10-13-3-4-19(27)26-13;1-2-9-8-6-4-3-5-7-8/h5-9,11,13H,3-4,10H2,1-2H3,(H2,22,28)(H,24,25)(H,26,27);8H,2-7H2,1H3. The highest BCUT2D eigenvalue weighted by atomic mass is 16.5. The molecule has 2 aromatic heterocycles. The van der Waals surface area contributed by atoms with E-state index in [1.165, 1.54) is 32.1 Å². The highest BCUT2D eigenvalue weighted by Gasteiger charge is 2.23. The molecule has 0 bridgehead atoms. The lowest BCUT2D eigenvalue weighted by Crippen LogP contribution is -2.31. The van der Waals surface area contributed by atoms with Crippen LogP contribution < -0.4 is 20.5 Å². The molecular formula is C29H39N5O5. The van der Waals surface area contributed by atoms with Gasteiger partial charge < -0.3 is 25.3 Å². The number of benzene rings is 1. The summed E-state index contributed by atoms with van der Waals surface area (Å²) in [7, 11) is 0. The maximum atomic E-state index is 12.1. The van der Waals surface area contributed by atoms with Gasteiger partial charge in [-0.25, -0.2) is 4.98 Å². The van der Waals surface area contributed by atoms with Crippen molar-refractivity contribution in [2.45, 2.75) is 84.0 Å². The average Bonchev–Trinajstić information content (AvgIpc) is 3.60. The molecule has 3 aromatic rings. The second kappa shape index (κ2) is 13.4. The number of aromatic nitrogens is 3. The Morgan fingerprint density at radius 2 is 1.92 bits per heavy atom.